The van der Waals surface area contributed by atoms with E-state index in [-0.39, 0.29) is 5.91 Å². The molecule has 1 aliphatic rings. The van der Waals surface area contributed by atoms with Gasteiger partial charge < -0.3 is 10.2 Å². The van der Waals surface area contributed by atoms with Crippen molar-refractivity contribution in [1.82, 2.24) is 0 Å². The average molecular weight is 253 g/mol. The van der Waals surface area contributed by atoms with Crippen molar-refractivity contribution >= 4 is 28.9 Å². The van der Waals surface area contributed by atoms with Crippen LogP contribution in [-0.4, -0.2) is 19.0 Å². The summed E-state index contributed by atoms with van der Waals surface area (Å²) in [5.74, 6) is -0.00882. The highest BCUT2D eigenvalue weighted by Gasteiger charge is 2.14. The second-order valence-corrected chi connectivity index (χ2v) is 4.67. The number of rotatable bonds is 3. The molecule has 0 radical (unpaired) electrons. The lowest BCUT2D eigenvalue weighted by Crippen LogP contribution is -2.18. The van der Waals surface area contributed by atoms with Gasteiger partial charge in [0.1, 0.15) is 0 Å². The molecule has 1 aromatic carbocycles. The molecule has 92 valence electrons. The van der Waals surface area contributed by atoms with Crippen molar-refractivity contribution in [1.29, 1.82) is 0 Å². The van der Waals surface area contributed by atoms with Crippen LogP contribution in [0.2, 0.25) is 5.02 Å². The van der Waals surface area contributed by atoms with E-state index in [4.69, 9.17) is 11.6 Å². The van der Waals surface area contributed by atoms with Crippen LogP contribution in [0.3, 0.4) is 0 Å². The smallest absolute Gasteiger partial charge is 0.224 e. The molecule has 4 heteroatoms. The largest absolute Gasteiger partial charge is 0.371 e. The Morgan fingerprint density at radius 1 is 1.41 bits per heavy atom. The van der Waals surface area contributed by atoms with Crippen LogP contribution in [0, 0.1) is 0 Å². The molecule has 1 aliphatic heterocycles. The highest BCUT2D eigenvalue weighted by molar-refractivity contribution is 6.33. The van der Waals surface area contributed by atoms with Crippen molar-refractivity contribution in [3.63, 3.8) is 0 Å². The maximum Gasteiger partial charge on any atom is 0.224 e. The molecule has 0 spiro atoms. The zero-order valence-corrected chi connectivity index (χ0v) is 10.8. The van der Waals surface area contributed by atoms with E-state index in [1.807, 2.05) is 25.1 Å². The van der Waals surface area contributed by atoms with Gasteiger partial charge in [-0.25, -0.2) is 0 Å². The summed E-state index contributed by atoms with van der Waals surface area (Å²) in [6, 6.07) is 5.82. The third-order valence-electron chi connectivity index (χ3n) is 3.02. The number of hydrogen-bond donors (Lipinski definition) is 1. The summed E-state index contributed by atoms with van der Waals surface area (Å²) in [5, 5.41) is 3.42. The van der Waals surface area contributed by atoms with Gasteiger partial charge >= 0.3 is 0 Å². The molecule has 3 nitrogen and oxygen atoms in total. The predicted octanol–water partition coefficient (Wildman–Crippen LogP) is 3.29. The zero-order valence-electron chi connectivity index (χ0n) is 10.0. The lowest BCUT2D eigenvalue weighted by Gasteiger charge is -2.19. The van der Waals surface area contributed by atoms with Crippen LogP contribution < -0.4 is 10.2 Å². The molecular weight excluding hydrogens is 236 g/mol. The molecule has 1 amide bonds. The molecule has 2 rings (SSSR count). The van der Waals surface area contributed by atoms with Gasteiger partial charge in [0.25, 0.3) is 0 Å². The number of benzene rings is 1. The van der Waals surface area contributed by atoms with Gasteiger partial charge in [-0.1, -0.05) is 18.5 Å². The lowest BCUT2D eigenvalue weighted by atomic mass is 10.2. The molecule has 0 aliphatic carbocycles. The Labute approximate surface area is 107 Å². The van der Waals surface area contributed by atoms with Crippen LogP contribution in [0.4, 0.5) is 11.4 Å². The second-order valence-electron chi connectivity index (χ2n) is 4.26. The van der Waals surface area contributed by atoms with Crippen LogP contribution in [0.5, 0.6) is 0 Å². The molecule has 1 fully saturated rings. The molecule has 0 bridgehead atoms. The highest BCUT2D eigenvalue weighted by Crippen LogP contribution is 2.29. The SMILES string of the molecule is CCC(=O)Nc1cc(N2CCCC2)ccc1Cl. The van der Waals surface area contributed by atoms with Crippen LogP contribution in [0.1, 0.15) is 26.2 Å². The first-order valence-corrected chi connectivity index (χ1v) is 6.43. The Morgan fingerprint density at radius 3 is 2.76 bits per heavy atom. The number of nitrogens with zero attached hydrogens (tertiary/aromatic N) is 1. The van der Waals surface area contributed by atoms with E-state index in [1.165, 1.54) is 12.8 Å². The molecule has 0 saturated carbocycles. The van der Waals surface area contributed by atoms with Gasteiger partial charge in [-0.15, -0.1) is 0 Å². The van der Waals surface area contributed by atoms with E-state index >= 15 is 0 Å². The molecule has 1 aromatic rings. The molecule has 1 heterocycles. The van der Waals surface area contributed by atoms with E-state index in [0.29, 0.717) is 17.1 Å². The number of halogens is 1. The molecule has 17 heavy (non-hydrogen) atoms. The molecule has 1 saturated heterocycles. The average Bonchev–Trinajstić information content (AvgIpc) is 2.85. The number of carbonyl (C=O) groups excluding carboxylic acids is 1. The molecule has 0 atom stereocenters. The summed E-state index contributed by atoms with van der Waals surface area (Å²) < 4.78 is 0. The summed E-state index contributed by atoms with van der Waals surface area (Å²) in [4.78, 5) is 13.7. The van der Waals surface area contributed by atoms with Gasteiger partial charge in [0.2, 0.25) is 5.91 Å². The minimum Gasteiger partial charge on any atom is -0.371 e. The minimum absolute atomic E-state index is 0.00882. The number of hydrogen-bond acceptors (Lipinski definition) is 2. The van der Waals surface area contributed by atoms with Gasteiger partial charge in [0, 0.05) is 25.2 Å². The van der Waals surface area contributed by atoms with Crippen LogP contribution >= 0.6 is 11.6 Å². The summed E-state index contributed by atoms with van der Waals surface area (Å²) in [5.41, 5.74) is 1.85. The topological polar surface area (TPSA) is 32.3 Å². The summed E-state index contributed by atoms with van der Waals surface area (Å²) in [7, 11) is 0. The van der Waals surface area contributed by atoms with Crippen molar-refractivity contribution in [2.45, 2.75) is 26.2 Å². The number of carbonyl (C=O) groups is 1. The van der Waals surface area contributed by atoms with E-state index in [0.717, 1.165) is 18.8 Å². The summed E-state index contributed by atoms with van der Waals surface area (Å²) in [6.07, 6.45) is 2.93. The van der Waals surface area contributed by atoms with Gasteiger partial charge in [0.05, 0.1) is 10.7 Å². The highest BCUT2D eigenvalue weighted by atomic mass is 35.5. The fourth-order valence-electron chi connectivity index (χ4n) is 2.02. The van der Waals surface area contributed by atoms with Crippen LogP contribution in [0.25, 0.3) is 0 Å². The van der Waals surface area contributed by atoms with Crippen LogP contribution in [-0.2, 0) is 4.79 Å². The van der Waals surface area contributed by atoms with Crippen molar-refractivity contribution in [3.05, 3.63) is 23.2 Å². The summed E-state index contributed by atoms with van der Waals surface area (Å²) in [6.45, 7) is 4.00. The number of anilines is 2. The zero-order chi connectivity index (χ0) is 12.3. The number of nitrogens with one attached hydrogen (secondary N) is 1. The predicted molar refractivity (Wildman–Crippen MR) is 71.8 cm³/mol. The normalized spacial score (nSPS) is 15.1. The first-order chi connectivity index (χ1) is 8.20. The lowest BCUT2D eigenvalue weighted by molar-refractivity contribution is -0.115. The molecular formula is C13H17ClN2O. The maximum absolute atomic E-state index is 11.4. The van der Waals surface area contributed by atoms with E-state index < -0.39 is 0 Å². The third-order valence-corrected chi connectivity index (χ3v) is 3.35. The Morgan fingerprint density at radius 2 is 2.12 bits per heavy atom. The molecule has 0 unspecified atom stereocenters. The van der Waals surface area contributed by atoms with E-state index in [9.17, 15) is 4.79 Å². The van der Waals surface area contributed by atoms with Crippen molar-refractivity contribution < 1.29 is 4.79 Å². The van der Waals surface area contributed by atoms with Gasteiger partial charge in [-0.05, 0) is 31.0 Å². The maximum atomic E-state index is 11.4. The van der Waals surface area contributed by atoms with E-state index in [1.54, 1.807) is 0 Å². The van der Waals surface area contributed by atoms with Crippen molar-refractivity contribution in [2.75, 3.05) is 23.3 Å². The van der Waals surface area contributed by atoms with Gasteiger partial charge in [0.15, 0.2) is 0 Å². The Bertz CT molecular complexity index is 414. The van der Waals surface area contributed by atoms with Gasteiger partial charge in [-0.3, -0.25) is 4.79 Å². The fraction of sp³-hybridized carbons (Fsp3) is 0.462. The fourth-order valence-corrected chi connectivity index (χ4v) is 2.18. The number of amides is 1. The van der Waals surface area contributed by atoms with Crippen molar-refractivity contribution in [3.8, 4) is 0 Å². The standard InChI is InChI=1S/C13H17ClN2O/c1-2-13(17)15-12-9-10(5-6-11(12)14)16-7-3-4-8-16/h5-6,9H,2-4,7-8H2,1H3,(H,15,17). The summed E-state index contributed by atoms with van der Waals surface area (Å²) >= 11 is 6.07. The monoisotopic (exact) mass is 252 g/mol. The molecule has 0 aromatic heterocycles. The first kappa shape index (κ1) is 12.2. The Balaban J connectivity index is 2.19. The van der Waals surface area contributed by atoms with Gasteiger partial charge in [-0.2, -0.15) is 0 Å². The molecule has 1 N–H and O–H groups in total. The Kier molecular flexibility index (Phi) is 3.89. The van der Waals surface area contributed by atoms with E-state index in [2.05, 4.69) is 10.2 Å². The quantitative estimate of drug-likeness (QED) is 0.895. The first-order valence-electron chi connectivity index (χ1n) is 6.05. The Hall–Kier alpha value is -1.22. The third kappa shape index (κ3) is 2.91. The minimum atomic E-state index is -0.00882. The van der Waals surface area contributed by atoms with Crippen LogP contribution in [0.15, 0.2) is 18.2 Å². The van der Waals surface area contributed by atoms with Crippen molar-refractivity contribution in [2.24, 2.45) is 0 Å². The second kappa shape index (κ2) is 5.41.